The third-order valence-corrected chi connectivity index (χ3v) is 9.08. The Hall–Kier alpha value is -4.25. The lowest BCUT2D eigenvalue weighted by Crippen LogP contribution is -2.74. The molecule has 1 aromatic rings. The molecule has 244 valence electrons. The maximum Gasteiger partial charge on any atom is 0.348 e. The highest BCUT2D eigenvalue weighted by Crippen LogP contribution is 2.65. The SMILES string of the molecule is COc1ccc2c3c1O[C@H]1C(OC(=O)[C@H](O)[C@@H](O)C(=O)O[C@@H](C)C(=O)O[C@H](CC(=O)O)C(=O)O)=CC[C@@]4(O)[C@@H](C2)N(C)CC[C@]314. The number of nitrogens with zero attached hydrogens (tertiary/aromatic N) is 1. The van der Waals surface area contributed by atoms with Gasteiger partial charge in [-0.15, -0.1) is 0 Å². The van der Waals surface area contributed by atoms with Crippen molar-refractivity contribution < 1.29 is 73.2 Å². The van der Waals surface area contributed by atoms with Crippen molar-refractivity contribution in [1.82, 2.24) is 4.90 Å². The molecule has 1 fully saturated rings. The highest BCUT2D eigenvalue weighted by Gasteiger charge is 2.72. The van der Waals surface area contributed by atoms with Crippen molar-refractivity contribution in [2.45, 2.75) is 80.2 Å². The van der Waals surface area contributed by atoms with Crippen molar-refractivity contribution in [3.05, 3.63) is 35.1 Å². The number of ether oxygens (including phenoxy) is 5. The Labute approximate surface area is 255 Å². The van der Waals surface area contributed by atoms with Gasteiger partial charge in [-0.1, -0.05) is 6.07 Å². The zero-order valence-corrected chi connectivity index (χ0v) is 24.5. The molecular weight excluding hydrogens is 602 g/mol. The van der Waals surface area contributed by atoms with Crippen LogP contribution in [0.1, 0.15) is 37.3 Å². The van der Waals surface area contributed by atoms with Gasteiger partial charge >= 0.3 is 29.8 Å². The van der Waals surface area contributed by atoms with E-state index in [1.807, 2.05) is 13.1 Å². The first-order valence-electron chi connectivity index (χ1n) is 14.1. The molecule has 4 aliphatic rings. The van der Waals surface area contributed by atoms with Crippen molar-refractivity contribution in [2.75, 3.05) is 20.7 Å². The number of aliphatic hydroxyl groups is 3. The number of aliphatic carboxylic acids is 2. The van der Waals surface area contributed by atoms with Crippen molar-refractivity contribution in [3.8, 4) is 11.5 Å². The molecule has 2 heterocycles. The summed E-state index contributed by atoms with van der Waals surface area (Å²) in [5.74, 6) is -7.10. The molecule has 1 saturated heterocycles. The van der Waals surface area contributed by atoms with E-state index in [1.54, 1.807) is 6.07 Å². The Kier molecular flexibility index (Phi) is 8.28. The van der Waals surface area contributed by atoms with Crippen LogP contribution < -0.4 is 9.47 Å². The molecule has 2 aliphatic carbocycles. The molecule has 2 aliphatic heterocycles. The van der Waals surface area contributed by atoms with Gasteiger partial charge in [0.25, 0.3) is 0 Å². The van der Waals surface area contributed by atoms with Crippen LogP contribution in [0, 0.1) is 0 Å². The summed E-state index contributed by atoms with van der Waals surface area (Å²) in [6.45, 7) is 1.54. The minimum atomic E-state index is -2.54. The van der Waals surface area contributed by atoms with Crippen LogP contribution in [0.25, 0.3) is 0 Å². The zero-order valence-electron chi connectivity index (χ0n) is 24.5. The Balaban J connectivity index is 1.31. The van der Waals surface area contributed by atoms with Crippen LogP contribution in [0.5, 0.6) is 11.5 Å². The number of carbonyl (C=O) groups is 5. The largest absolute Gasteiger partial charge is 0.493 e. The fourth-order valence-electron chi connectivity index (χ4n) is 6.89. The molecular formula is C29H33NO15. The second-order valence-corrected chi connectivity index (χ2v) is 11.5. The lowest BCUT2D eigenvalue weighted by atomic mass is 9.50. The second-order valence-electron chi connectivity index (χ2n) is 11.5. The van der Waals surface area contributed by atoms with Crippen LogP contribution in [-0.2, 0) is 50.0 Å². The van der Waals surface area contributed by atoms with Gasteiger partial charge in [0, 0.05) is 18.0 Å². The topological polar surface area (TPSA) is 236 Å². The third-order valence-electron chi connectivity index (χ3n) is 9.08. The minimum Gasteiger partial charge on any atom is -0.493 e. The van der Waals surface area contributed by atoms with Crippen LogP contribution >= 0.6 is 0 Å². The van der Waals surface area contributed by atoms with Gasteiger partial charge in [-0.25, -0.2) is 19.2 Å². The van der Waals surface area contributed by atoms with E-state index in [1.165, 1.54) is 13.2 Å². The molecule has 45 heavy (non-hydrogen) atoms. The van der Waals surface area contributed by atoms with Gasteiger partial charge in [-0.2, -0.15) is 0 Å². The molecule has 0 amide bonds. The standard InChI is InChI=1S/C29H33NO15/c1-12(25(37)44-16(24(35)36)11-18(31)32)42-26(38)20(33)21(34)27(39)43-15-6-7-29(40)17-10-13-4-5-14(41-3)22-19(13)28(29,23(15)45-22)8-9-30(17)2/h4-6,12,16-17,20-21,23,33-34,40H,7-11H2,1-3H3,(H,31,32)(H,35,36)/t12-,16+,17+,20+,21+,23-,28-,29+/m0/s1. The Morgan fingerprint density at radius 3 is 2.40 bits per heavy atom. The molecule has 5 N–H and O–H groups in total. The summed E-state index contributed by atoms with van der Waals surface area (Å²) in [5.41, 5.74) is -0.620. The van der Waals surface area contributed by atoms with E-state index in [0.29, 0.717) is 30.9 Å². The van der Waals surface area contributed by atoms with Crippen molar-refractivity contribution in [3.63, 3.8) is 0 Å². The predicted molar refractivity (Wildman–Crippen MR) is 145 cm³/mol. The van der Waals surface area contributed by atoms with Crippen molar-refractivity contribution in [1.29, 1.82) is 0 Å². The predicted octanol–water partition coefficient (Wildman–Crippen LogP) is -1.36. The normalized spacial score (nSPS) is 28.6. The summed E-state index contributed by atoms with van der Waals surface area (Å²) in [4.78, 5) is 61.6. The van der Waals surface area contributed by atoms with Gasteiger partial charge in [-0.05, 0) is 51.1 Å². The molecule has 0 aromatic heterocycles. The smallest absolute Gasteiger partial charge is 0.348 e. The van der Waals surface area contributed by atoms with Crippen LogP contribution in [0.2, 0.25) is 0 Å². The average molecular weight is 636 g/mol. The van der Waals surface area contributed by atoms with Gasteiger partial charge < -0.3 is 54.1 Å². The number of benzene rings is 1. The summed E-state index contributed by atoms with van der Waals surface area (Å²) in [6.07, 6.45) is -8.51. The first kappa shape index (κ1) is 32.2. The highest BCUT2D eigenvalue weighted by molar-refractivity contribution is 5.88. The molecule has 0 saturated carbocycles. The average Bonchev–Trinajstić information content (AvgIpc) is 3.34. The molecule has 8 atom stereocenters. The van der Waals surface area contributed by atoms with E-state index in [2.05, 4.69) is 9.64 Å². The molecule has 0 unspecified atom stereocenters. The number of likely N-dealkylation sites (N-methyl/N-ethyl adjacent to an activating group) is 1. The van der Waals surface area contributed by atoms with Gasteiger partial charge in [0.1, 0.15) is 5.76 Å². The quantitative estimate of drug-likeness (QED) is 0.139. The number of aliphatic hydroxyl groups excluding tert-OH is 2. The number of rotatable bonds is 11. The van der Waals surface area contributed by atoms with E-state index in [-0.39, 0.29) is 18.2 Å². The molecule has 2 bridgehead atoms. The van der Waals surface area contributed by atoms with E-state index >= 15 is 0 Å². The molecule has 5 rings (SSSR count). The number of carboxylic acid groups (broad SMARTS) is 2. The van der Waals surface area contributed by atoms with Gasteiger partial charge in [-0.3, -0.25) is 4.79 Å². The summed E-state index contributed by atoms with van der Waals surface area (Å²) < 4.78 is 26.6. The minimum absolute atomic E-state index is 0.0474. The van der Waals surface area contributed by atoms with Gasteiger partial charge in [0.15, 0.2) is 35.9 Å². The molecule has 0 radical (unpaired) electrons. The summed E-state index contributed by atoms with van der Waals surface area (Å²) >= 11 is 0. The van der Waals surface area contributed by atoms with Crippen LogP contribution in [0.4, 0.5) is 0 Å². The number of methoxy groups -OCH3 is 1. The van der Waals surface area contributed by atoms with Gasteiger partial charge in [0.05, 0.1) is 24.5 Å². The number of esters is 3. The third kappa shape index (κ3) is 5.07. The lowest BCUT2D eigenvalue weighted by molar-refractivity contribution is -0.186. The van der Waals surface area contributed by atoms with E-state index in [0.717, 1.165) is 18.1 Å². The number of carboxylic acids is 2. The van der Waals surface area contributed by atoms with E-state index in [9.17, 15) is 39.3 Å². The van der Waals surface area contributed by atoms with Crippen LogP contribution in [0.3, 0.4) is 0 Å². The summed E-state index contributed by atoms with van der Waals surface area (Å²) in [5, 5.41) is 50.9. The lowest BCUT2D eigenvalue weighted by Gasteiger charge is -2.61. The fourth-order valence-corrected chi connectivity index (χ4v) is 6.89. The number of likely N-dealkylation sites (tertiary alicyclic amines) is 1. The maximum atomic E-state index is 13.0. The monoisotopic (exact) mass is 635 g/mol. The van der Waals surface area contributed by atoms with E-state index in [4.69, 9.17) is 29.2 Å². The molecule has 1 aromatic carbocycles. The Bertz CT molecular complexity index is 1470. The Morgan fingerprint density at radius 1 is 1.07 bits per heavy atom. The molecule has 16 heteroatoms. The number of hydrogen-bond acceptors (Lipinski definition) is 14. The van der Waals surface area contributed by atoms with Crippen molar-refractivity contribution in [2.24, 2.45) is 0 Å². The summed E-state index contributed by atoms with van der Waals surface area (Å²) in [7, 11) is 3.40. The first-order chi connectivity index (χ1) is 21.2. The van der Waals surface area contributed by atoms with Gasteiger partial charge in [0.2, 0.25) is 6.10 Å². The van der Waals surface area contributed by atoms with E-state index < -0.39 is 77.8 Å². The van der Waals surface area contributed by atoms with Crippen LogP contribution in [0.15, 0.2) is 24.0 Å². The number of hydrogen-bond donors (Lipinski definition) is 5. The Morgan fingerprint density at radius 2 is 1.76 bits per heavy atom. The number of piperidine rings is 1. The fraction of sp³-hybridized carbons (Fsp3) is 0.552. The molecule has 16 nitrogen and oxygen atoms in total. The zero-order chi connectivity index (χ0) is 33.0. The maximum absolute atomic E-state index is 13.0. The first-order valence-corrected chi connectivity index (χ1v) is 14.1. The van der Waals surface area contributed by atoms with Crippen molar-refractivity contribution >= 4 is 29.8 Å². The number of carbonyl (C=O) groups excluding carboxylic acids is 3. The molecule has 1 spiro atoms. The highest BCUT2D eigenvalue weighted by atomic mass is 16.6. The second kappa shape index (κ2) is 11.6. The van der Waals surface area contributed by atoms with Crippen LogP contribution in [-0.4, -0.2) is 123 Å². The summed E-state index contributed by atoms with van der Waals surface area (Å²) in [6, 6.07) is 3.40.